The molecule has 0 radical (unpaired) electrons. The third-order valence-electron chi connectivity index (χ3n) is 2.95. The maximum atomic E-state index is 11.0. The van der Waals surface area contributed by atoms with E-state index < -0.39 is 5.54 Å². The highest BCUT2D eigenvalue weighted by atomic mass is 16.1. The number of anilines is 1. The molecule has 2 N–H and O–H groups in total. The van der Waals surface area contributed by atoms with Crippen LogP contribution in [0.25, 0.3) is 0 Å². The molecule has 86 valence electrons. The lowest BCUT2D eigenvalue weighted by molar-refractivity contribution is -0.123. The molecule has 2 heterocycles. The fourth-order valence-electron chi connectivity index (χ4n) is 1.98. The molecule has 0 fully saturated rings. The number of amides is 2. The van der Waals surface area contributed by atoms with Crippen LogP contribution < -0.4 is 5.32 Å². The number of carbonyl (C=O) groups is 2. The van der Waals surface area contributed by atoms with Crippen molar-refractivity contribution in [3.05, 3.63) is 11.3 Å². The number of carbonyl (C=O) groups excluding carboxylic acids is 2. The number of hydrogen-bond donors (Lipinski definition) is 2. The van der Waals surface area contributed by atoms with Crippen molar-refractivity contribution in [1.29, 1.82) is 0 Å². The number of H-pyrrole nitrogens is 1. The van der Waals surface area contributed by atoms with Crippen LogP contribution in [0.15, 0.2) is 0 Å². The Hall–Kier alpha value is -1.85. The van der Waals surface area contributed by atoms with Crippen LogP contribution in [0.5, 0.6) is 0 Å². The minimum absolute atomic E-state index is 0.170. The van der Waals surface area contributed by atoms with Gasteiger partial charge in [0.05, 0.1) is 17.8 Å². The Bertz CT molecular complexity index is 450. The van der Waals surface area contributed by atoms with E-state index in [2.05, 4.69) is 15.5 Å². The molecule has 0 bridgehead atoms. The van der Waals surface area contributed by atoms with Crippen molar-refractivity contribution in [2.45, 2.75) is 32.9 Å². The fraction of sp³-hybridized carbons (Fsp3) is 0.500. The molecule has 1 aliphatic rings. The number of aromatic amines is 1. The number of nitrogens with one attached hydrogen (secondary N) is 2. The standard InChI is InChI=1S/C10H14N4O2/c1-6(16)11-9-7-4-14(5-15)10(2,3)8(7)12-13-9/h5H,4H2,1-3H3,(H2,11,12,13,16). The minimum Gasteiger partial charge on any atom is -0.330 e. The zero-order valence-corrected chi connectivity index (χ0v) is 9.50. The van der Waals surface area contributed by atoms with Gasteiger partial charge in [0.15, 0.2) is 5.82 Å². The Kier molecular flexibility index (Phi) is 2.22. The van der Waals surface area contributed by atoms with Gasteiger partial charge in [-0.15, -0.1) is 0 Å². The molecule has 0 atom stereocenters. The summed E-state index contributed by atoms with van der Waals surface area (Å²) in [6.07, 6.45) is 0.811. The highest BCUT2D eigenvalue weighted by Gasteiger charge is 2.40. The second-order valence-corrected chi connectivity index (χ2v) is 4.40. The summed E-state index contributed by atoms with van der Waals surface area (Å²) < 4.78 is 0. The molecule has 1 aromatic heterocycles. The normalized spacial score (nSPS) is 17.1. The van der Waals surface area contributed by atoms with Gasteiger partial charge in [0, 0.05) is 12.5 Å². The van der Waals surface area contributed by atoms with Gasteiger partial charge < -0.3 is 10.2 Å². The van der Waals surface area contributed by atoms with E-state index >= 15 is 0 Å². The maximum Gasteiger partial charge on any atom is 0.222 e. The van der Waals surface area contributed by atoms with Crippen LogP contribution in [0, 0.1) is 0 Å². The lowest BCUT2D eigenvalue weighted by Gasteiger charge is -2.27. The molecule has 6 nitrogen and oxygen atoms in total. The first-order valence-electron chi connectivity index (χ1n) is 5.04. The Balaban J connectivity index is 2.40. The summed E-state index contributed by atoms with van der Waals surface area (Å²) in [6.45, 7) is 5.77. The molecular formula is C10H14N4O2. The molecule has 0 unspecified atom stereocenters. The van der Waals surface area contributed by atoms with E-state index in [9.17, 15) is 9.59 Å². The predicted octanol–water partition coefficient (Wildman–Crippen LogP) is 0.575. The number of rotatable bonds is 2. The largest absolute Gasteiger partial charge is 0.330 e. The third-order valence-corrected chi connectivity index (χ3v) is 2.95. The van der Waals surface area contributed by atoms with E-state index in [-0.39, 0.29) is 5.91 Å². The summed E-state index contributed by atoms with van der Waals surface area (Å²) in [4.78, 5) is 23.6. The van der Waals surface area contributed by atoms with Crippen molar-refractivity contribution in [2.24, 2.45) is 0 Å². The molecule has 0 saturated carbocycles. The quantitative estimate of drug-likeness (QED) is 0.718. The fourth-order valence-corrected chi connectivity index (χ4v) is 1.98. The summed E-state index contributed by atoms with van der Waals surface area (Å²) in [5.41, 5.74) is 1.36. The number of fused-ring (bicyclic) bond motifs is 1. The minimum atomic E-state index is -0.402. The Morgan fingerprint density at radius 1 is 1.62 bits per heavy atom. The first-order chi connectivity index (χ1) is 7.46. The molecule has 6 heteroatoms. The predicted molar refractivity (Wildman–Crippen MR) is 57.5 cm³/mol. The van der Waals surface area contributed by atoms with Gasteiger partial charge in [0.2, 0.25) is 12.3 Å². The third kappa shape index (κ3) is 1.37. The molecule has 0 aromatic carbocycles. The van der Waals surface area contributed by atoms with Gasteiger partial charge in [-0.2, -0.15) is 5.10 Å². The van der Waals surface area contributed by atoms with Crippen LogP contribution >= 0.6 is 0 Å². The summed E-state index contributed by atoms with van der Waals surface area (Å²) in [6, 6.07) is 0. The Morgan fingerprint density at radius 2 is 2.31 bits per heavy atom. The summed E-state index contributed by atoms with van der Waals surface area (Å²) >= 11 is 0. The van der Waals surface area contributed by atoms with Crippen molar-refractivity contribution in [3.63, 3.8) is 0 Å². The van der Waals surface area contributed by atoms with Crippen molar-refractivity contribution in [1.82, 2.24) is 15.1 Å². The lowest BCUT2D eigenvalue weighted by Crippen LogP contribution is -2.34. The smallest absolute Gasteiger partial charge is 0.222 e. The molecule has 2 amide bonds. The SMILES string of the molecule is CC(=O)Nc1n[nH]c2c1CN(C=O)C2(C)C. The summed E-state index contributed by atoms with van der Waals surface area (Å²) in [7, 11) is 0. The summed E-state index contributed by atoms with van der Waals surface area (Å²) in [5.74, 6) is 0.344. The zero-order chi connectivity index (χ0) is 11.9. The Morgan fingerprint density at radius 3 is 2.88 bits per heavy atom. The molecule has 2 rings (SSSR count). The van der Waals surface area contributed by atoms with Gasteiger partial charge in [0.1, 0.15) is 0 Å². The molecule has 1 aromatic rings. The second kappa shape index (κ2) is 3.33. The molecular weight excluding hydrogens is 208 g/mol. The van der Waals surface area contributed by atoms with Gasteiger partial charge >= 0.3 is 0 Å². The van der Waals surface area contributed by atoms with Crippen molar-refractivity contribution in [2.75, 3.05) is 5.32 Å². The van der Waals surface area contributed by atoms with E-state index in [1.165, 1.54) is 6.92 Å². The first-order valence-corrected chi connectivity index (χ1v) is 5.04. The molecule has 1 aliphatic heterocycles. The van der Waals surface area contributed by atoms with Crippen LogP contribution in [-0.2, 0) is 21.7 Å². The highest BCUT2D eigenvalue weighted by Crippen LogP contribution is 2.39. The lowest BCUT2D eigenvalue weighted by atomic mass is 10.0. The molecule has 0 aliphatic carbocycles. The van der Waals surface area contributed by atoms with Crippen LogP contribution in [-0.4, -0.2) is 27.4 Å². The first kappa shape index (κ1) is 10.7. The van der Waals surface area contributed by atoms with Crippen molar-refractivity contribution < 1.29 is 9.59 Å². The van der Waals surface area contributed by atoms with Crippen LogP contribution in [0.4, 0.5) is 5.82 Å². The van der Waals surface area contributed by atoms with Gasteiger partial charge in [-0.3, -0.25) is 14.7 Å². The van der Waals surface area contributed by atoms with Crippen LogP contribution in [0.2, 0.25) is 0 Å². The zero-order valence-electron chi connectivity index (χ0n) is 9.50. The average molecular weight is 222 g/mol. The second-order valence-electron chi connectivity index (χ2n) is 4.40. The molecule has 0 spiro atoms. The van der Waals surface area contributed by atoms with Crippen molar-refractivity contribution >= 4 is 18.1 Å². The van der Waals surface area contributed by atoms with Crippen LogP contribution in [0.3, 0.4) is 0 Å². The Labute approximate surface area is 93.0 Å². The van der Waals surface area contributed by atoms with E-state index in [1.807, 2.05) is 13.8 Å². The summed E-state index contributed by atoms with van der Waals surface area (Å²) in [5, 5.41) is 9.57. The van der Waals surface area contributed by atoms with E-state index in [4.69, 9.17) is 0 Å². The highest BCUT2D eigenvalue weighted by molar-refractivity contribution is 5.88. The van der Waals surface area contributed by atoms with Gasteiger partial charge in [-0.25, -0.2) is 0 Å². The number of hydrogen-bond acceptors (Lipinski definition) is 3. The maximum absolute atomic E-state index is 11.0. The monoisotopic (exact) mass is 222 g/mol. The number of aromatic nitrogens is 2. The van der Waals surface area contributed by atoms with Gasteiger partial charge in [-0.05, 0) is 13.8 Å². The van der Waals surface area contributed by atoms with Gasteiger partial charge in [0.25, 0.3) is 0 Å². The topological polar surface area (TPSA) is 78.1 Å². The van der Waals surface area contributed by atoms with Crippen molar-refractivity contribution in [3.8, 4) is 0 Å². The number of nitrogens with zero attached hydrogens (tertiary/aromatic N) is 2. The molecule has 16 heavy (non-hydrogen) atoms. The van der Waals surface area contributed by atoms with Crippen LogP contribution in [0.1, 0.15) is 32.0 Å². The van der Waals surface area contributed by atoms with Gasteiger partial charge in [-0.1, -0.05) is 0 Å². The van der Waals surface area contributed by atoms with E-state index in [1.54, 1.807) is 4.90 Å². The average Bonchev–Trinajstić information content (AvgIpc) is 2.66. The van der Waals surface area contributed by atoms with E-state index in [0.717, 1.165) is 17.7 Å². The van der Waals surface area contributed by atoms with E-state index in [0.29, 0.717) is 12.4 Å². The molecule has 0 saturated heterocycles.